The van der Waals surface area contributed by atoms with Crippen LogP contribution in [0.2, 0.25) is 0 Å². The number of aromatic nitrogens is 2. The smallest absolute Gasteiger partial charge is 0.134 e. The van der Waals surface area contributed by atoms with Crippen LogP contribution in [0.15, 0.2) is 6.07 Å². The van der Waals surface area contributed by atoms with E-state index in [9.17, 15) is 0 Å². The van der Waals surface area contributed by atoms with Crippen LogP contribution in [0.25, 0.3) is 0 Å². The van der Waals surface area contributed by atoms with E-state index in [2.05, 4.69) is 39.2 Å². The standard InChI is InChI=1S/C13H23N5/c1-10-15-12(14-2)9-13(16-10)18(4)11-5-7-17(3)8-6-11/h9,11H,5-8H2,1-4H3,(H,14,15,16). The zero-order chi connectivity index (χ0) is 13.1. The van der Waals surface area contributed by atoms with Gasteiger partial charge in [-0.05, 0) is 39.9 Å². The highest BCUT2D eigenvalue weighted by Gasteiger charge is 2.21. The van der Waals surface area contributed by atoms with Crippen LogP contribution in [0.4, 0.5) is 11.6 Å². The minimum atomic E-state index is 0.584. The fourth-order valence-corrected chi connectivity index (χ4v) is 2.43. The highest BCUT2D eigenvalue weighted by atomic mass is 15.2. The zero-order valence-corrected chi connectivity index (χ0v) is 11.8. The molecule has 0 aliphatic carbocycles. The van der Waals surface area contributed by atoms with Crippen molar-refractivity contribution >= 4 is 11.6 Å². The second kappa shape index (κ2) is 5.52. The molecule has 1 aromatic heterocycles. The highest BCUT2D eigenvalue weighted by Crippen LogP contribution is 2.21. The predicted octanol–water partition coefficient (Wildman–Crippen LogP) is 1.36. The van der Waals surface area contributed by atoms with E-state index in [1.54, 1.807) is 0 Å². The molecule has 0 amide bonds. The number of aryl methyl sites for hydroxylation is 1. The number of hydrogen-bond acceptors (Lipinski definition) is 5. The van der Waals surface area contributed by atoms with Gasteiger partial charge in [0.2, 0.25) is 0 Å². The van der Waals surface area contributed by atoms with E-state index < -0.39 is 0 Å². The summed E-state index contributed by atoms with van der Waals surface area (Å²) in [6, 6.07) is 2.60. The van der Waals surface area contributed by atoms with Gasteiger partial charge < -0.3 is 15.1 Å². The van der Waals surface area contributed by atoms with Crippen molar-refractivity contribution < 1.29 is 0 Å². The Kier molecular flexibility index (Phi) is 4.01. The minimum Gasteiger partial charge on any atom is -0.373 e. The molecule has 0 radical (unpaired) electrons. The molecule has 0 spiro atoms. The van der Waals surface area contributed by atoms with Gasteiger partial charge in [0.25, 0.3) is 0 Å². The van der Waals surface area contributed by atoms with E-state index in [0.717, 1.165) is 30.5 Å². The summed E-state index contributed by atoms with van der Waals surface area (Å²) in [5, 5.41) is 3.09. The average molecular weight is 249 g/mol. The fourth-order valence-electron chi connectivity index (χ4n) is 2.43. The van der Waals surface area contributed by atoms with Crippen LogP contribution < -0.4 is 10.2 Å². The van der Waals surface area contributed by atoms with Gasteiger partial charge in [0.1, 0.15) is 17.5 Å². The van der Waals surface area contributed by atoms with E-state index in [0.29, 0.717) is 6.04 Å². The first-order valence-corrected chi connectivity index (χ1v) is 6.55. The topological polar surface area (TPSA) is 44.3 Å². The Morgan fingerprint density at radius 3 is 2.61 bits per heavy atom. The van der Waals surface area contributed by atoms with Gasteiger partial charge in [-0.25, -0.2) is 9.97 Å². The van der Waals surface area contributed by atoms with Gasteiger partial charge >= 0.3 is 0 Å². The first kappa shape index (κ1) is 13.1. The van der Waals surface area contributed by atoms with E-state index in [1.807, 2.05) is 20.0 Å². The third-order valence-electron chi connectivity index (χ3n) is 3.68. The van der Waals surface area contributed by atoms with Crippen LogP contribution in [0, 0.1) is 6.92 Å². The maximum absolute atomic E-state index is 4.54. The lowest BCUT2D eigenvalue weighted by Crippen LogP contribution is -2.42. The van der Waals surface area contributed by atoms with Crippen molar-refractivity contribution in [2.24, 2.45) is 0 Å². The Balaban J connectivity index is 2.12. The number of nitrogens with one attached hydrogen (secondary N) is 1. The van der Waals surface area contributed by atoms with Crippen molar-refractivity contribution in [1.29, 1.82) is 0 Å². The van der Waals surface area contributed by atoms with Gasteiger partial charge in [-0.1, -0.05) is 0 Å². The molecule has 0 bridgehead atoms. The Bertz CT molecular complexity index is 398. The molecule has 1 N–H and O–H groups in total. The van der Waals surface area contributed by atoms with Crippen LogP contribution in [0.5, 0.6) is 0 Å². The molecule has 1 fully saturated rings. The molecular formula is C13H23N5. The Morgan fingerprint density at radius 1 is 1.33 bits per heavy atom. The molecule has 18 heavy (non-hydrogen) atoms. The summed E-state index contributed by atoms with van der Waals surface area (Å²) < 4.78 is 0. The van der Waals surface area contributed by atoms with E-state index >= 15 is 0 Å². The van der Waals surface area contributed by atoms with Gasteiger partial charge in [0.05, 0.1) is 0 Å². The number of rotatable bonds is 3. The molecule has 5 nitrogen and oxygen atoms in total. The first-order valence-electron chi connectivity index (χ1n) is 6.55. The molecule has 5 heteroatoms. The van der Waals surface area contributed by atoms with Crippen LogP contribution in [0.3, 0.4) is 0 Å². The lowest BCUT2D eigenvalue weighted by molar-refractivity contribution is 0.252. The molecule has 0 saturated carbocycles. The molecule has 1 aliphatic rings. The van der Waals surface area contributed by atoms with Gasteiger partial charge in [-0.3, -0.25) is 0 Å². The molecule has 1 saturated heterocycles. The predicted molar refractivity (Wildman–Crippen MR) is 75.2 cm³/mol. The van der Waals surface area contributed by atoms with Gasteiger partial charge in [-0.15, -0.1) is 0 Å². The summed E-state index contributed by atoms with van der Waals surface area (Å²) in [4.78, 5) is 13.5. The van der Waals surface area contributed by atoms with Crippen molar-refractivity contribution in [3.63, 3.8) is 0 Å². The largest absolute Gasteiger partial charge is 0.373 e. The van der Waals surface area contributed by atoms with Gasteiger partial charge in [-0.2, -0.15) is 0 Å². The van der Waals surface area contributed by atoms with Crippen LogP contribution in [0.1, 0.15) is 18.7 Å². The quantitative estimate of drug-likeness (QED) is 0.876. The number of likely N-dealkylation sites (tertiary alicyclic amines) is 1. The fraction of sp³-hybridized carbons (Fsp3) is 0.692. The number of anilines is 2. The van der Waals surface area contributed by atoms with Crippen LogP contribution >= 0.6 is 0 Å². The first-order chi connectivity index (χ1) is 8.60. The average Bonchev–Trinajstić information content (AvgIpc) is 2.38. The summed E-state index contributed by atoms with van der Waals surface area (Å²) in [6.07, 6.45) is 2.40. The van der Waals surface area contributed by atoms with Crippen molar-refractivity contribution in [2.45, 2.75) is 25.8 Å². The molecule has 1 aliphatic heterocycles. The highest BCUT2D eigenvalue weighted by molar-refractivity contribution is 5.49. The molecular weight excluding hydrogens is 226 g/mol. The summed E-state index contributed by atoms with van der Waals surface area (Å²) in [6.45, 7) is 4.27. The van der Waals surface area contributed by atoms with E-state index in [4.69, 9.17) is 0 Å². The number of nitrogens with zero attached hydrogens (tertiary/aromatic N) is 4. The zero-order valence-electron chi connectivity index (χ0n) is 11.8. The summed E-state index contributed by atoms with van der Waals surface area (Å²) in [5.74, 6) is 2.72. The summed E-state index contributed by atoms with van der Waals surface area (Å²) in [5.41, 5.74) is 0. The van der Waals surface area contributed by atoms with Crippen LogP contribution in [-0.4, -0.2) is 55.1 Å². The summed E-state index contributed by atoms with van der Waals surface area (Å²) in [7, 11) is 6.21. The molecule has 0 unspecified atom stereocenters. The molecule has 0 atom stereocenters. The SMILES string of the molecule is CNc1cc(N(C)C2CCN(C)CC2)nc(C)n1. The van der Waals surface area contributed by atoms with Crippen LogP contribution in [-0.2, 0) is 0 Å². The van der Waals surface area contributed by atoms with Crippen molar-refractivity contribution in [1.82, 2.24) is 14.9 Å². The lowest BCUT2D eigenvalue weighted by Gasteiger charge is -2.35. The van der Waals surface area contributed by atoms with Gasteiger partial charge in [0, 0.05) is 26.2 Å². The second-order valence-corrected chi connectivity index (χ2v) is 5.05. The van der Waals surface area contributed by atoms with E-state index in [1.165, 1.54) is 12.8 Å². The Hall–Kier alpha value is -1.36. The monoisotopic (exact) mass is 249 g/mol. The third-order valence-corrected chi connectivity index (χ3v) is 3.68. The number of piperidine rings is 1. The molecule has 2 heterocycles. The van der Waals surface area contributed by atoms with Crippen molar-refractivity contribution in [3.8, 4) is 0 Å². The van der Waals surface area contributed by atoms with Gasteiger partial charge in [0.15, 0.2) is 0 Å². The molecule has 0 aromatic carbocycles. The number of hydrogen-bond donors (Lipinski definition) is 1. The Labute approximate surface area is 109 Å². The lowest BCUT2D eigenvalue weighted by atomic mass is 10.0. The Morgan fingerprint density at radius 2 is 2.00 bits per heavy atom. The molecule has 1 aromatic rings. The minimum absolute atomic E-state index is 0.584. The summed E-state index contributed by atoms with van der Waals surface area (Å²) >= 11 is 0. The van der Waals surface area contributed by atoms with Crippen molar-refractivity contribution in [2.75, 3.05) is 44.4 Å². The molecule has 2 rings (SSSR count). The van der Waals surface area contributed by atoms with Crippen molar-refractivity contribution in [3.05, 3.63) is 11.9 Å². The maximum atomic E-state index is 4.54. The normalized spacial score (nSPS) is 17.8. The molecule has 100 valence electrons. The second-order valence-electron chi connectivity index (χ2n) is 5.05. The maximum Gasteiger partial charge on any atom is 0.134 e. The van der Waals surface area contributed by atoms with E-state index in [-0.39, 0.29) is 0 Å². The third kappa shape index (κ3) is 2.90.